The maximum atomic E-state index is 11.0. The van der Waals surface area contributed by atoms with Crippen molar-refractivity contribution in [3.05, 3.63) is 59.7 Å². The van der Waals surface area contributed by atoms with Crippen LogP contribution in [0.4, 0.5) is 0 Å². The van der Waals surface area contributed by atoms with E-state index in [9.17, 15) is 9.59 Å². The van der Waals surface area contributed by atoms with E-state index in [1.54, 1.807) is 12.1 Å². The predicted octanol–water partition coefficient (Wildman–Crippen LogP) is 3.62. The summed E-state index contributed by atoms with van der Waals surface area (Å²) in [5, 5.41) is 4.19. The molecule has 0 aromatic heterocycles. The fraction of sp³-hybridized carbons (Fsp3) is 0. The average Bonchev–Trinajstić information content (AvgIpc) is 2.45. The second kappa shape index (κ2) is 4.08. The van der Waals surface area contributed by atoms with Gasteiger partial charge in [-0.25, -0.2) is 0 Å². The van der Waals surface area contributed by atoms with Crippen molar-refractivity contribution >= 4 is 34.1 Å². The molecule has 3 rings (SSSR count). The molecule has 0 amide bonds. The summed E-state index contributed by atoms with van der Waals surface area (Å²) in [5.74, 6) is 0. The molecule has 0 aliphatic rings. The SMILES string of the molecule is O=Cc1cc2ccc3ccccc3c2cc1C=O. The molecular weight excluding hydrogens is 224 g/mol. The van der Waals surface area contributed by atoms with Crippen LogP contribution in [-0.4, -0.2) is 12.6 Å². The third-order valence-corrected chi connectivity index (χ3v) is 3.20. The van der Waals surface area contributed by atoms with Crippen LogP contribution in [0.3, 0.4) is 0 Å². The van der Waals surface area contributed by atoms with Gasteiger partial charge in [-0.2, -0.15) is 0 Å². The lowest BCUT2D eigenvalue weighted by molar-refractivity contribution is 0.109. The van der Waals surface area contributed by atoms with Gasteiger partial charge in [-0.15, -0.1) is 0 Å². The number of rotatable bonds is 2. The number of carbonyl (C=O) groups excluding carboxylic acids is 2. The number of benzene rings is 3. The van der Waals surface area contributed by atoms with Gasteiger partial charge in [-0.3, -0.25) is 9.59 Å². The molecule has 0 radical (unpaired) electrons. The fourth-order valence-electron chi connectivity index (χ4n) is 2.29. The van der Waals surface area contributed by atoms with Gasteiger partial charge in [-0.05, 0) is 33.7 Å². The first-order valence-corrected chi connectivity index (χ1v) is 5.69. The van der Waals surface area contributed by atoms with E-state index in [1.165, 1.54) is 0 Å². The maximum Gasteiger partial charge on any atom is 0.150 e. The zero-order chi connectivity index (χ0) is 12.5. The van der Waals surface area contributed by atoms with Crippen molar-refractivity contribution in [1.29, 1.82) is 0 Å². The van der Waals surface area contributed by atoms with E-state index < -0.39 is 0 Å². The summed E-state index contributed by atoms with van der Waals surface area (Å²) >= 11 is 0. The number of fused-ring (bicyclic) bond motifs is 3. The predicted molar refractivity (Wildman–Crippen MR) is 72.2 cm³/mol. The molecule has 2 heteroatoms. The van der Waals surface area contributed by atoms with Gasteiger partial charge in [0.25, 0.3) is 0 Å². The Balaban J connectivity index is 2.50. The number of hydrogen-bond acceptors (Lipinski definition) is 2. The van der Waals surface area contributed by atoms with Crippen molar-refractivity contribution in [2.24, 2.45) is 0 Å². The van der Waals surface area contributed by atoms with E-state index in [0.717, 1.165) is 34.1 Å². The van der Waals surface area contributed by atoms with E-state index in [2.05, 4.69) is 0 Å². The Bertz CT molecular complexity index is 772. The molecule has 2 nitrogen and oxygen atoms in total. The molecule has 0 bridgehead atoms. The van der Waals surface area contributed by atoms with Gasteiger partial charge in [0.05, 0.1) is 0 Å². The normalized spacial score (nSPS) is 10.7. The molecule has 0 unspecified atom stereocenters. The highest BCUT2D eigenvalue weighted by Crippen LogP contribution is 2.27. The molecule has 0 saturated carbocycles. The monoisotopic (exact) mass is 234 g/mol. The van der Waals surface area contributed by atoms with Gasteiger partial charge in [0.15, 0.2) is 12.6 Å². The van der Waals surface area contributed by atoms with Crippen LogP contribution in [0.15, 0.2) is 48.5 Å². The van der Waals surface area contributed by atoms with Crippen LogP contribution in [0, 0.1) is 0 Å². The molecule has 0 fully saturated rings. The molecule has 0 aliphatic heterocycles. The topological polar surface area (TPSA) is 34.1 Å². The Labute approximate surface area is 104 Å². The highest BCUT2D eigenvalue weighted by Gasteiger charge is 2.06. The third kappa shape index (κ3) is 1.51. The van der Waals surface area contributed by atoms with E-state index >= 15 is 0 Å². The third-order valence-electron chi connectivity index (χ3n) is 3.20. The largest absolute Gasteiger partial charge is 0.298 e. The van der Waals surface area contributed by atoms with Crippen molar-refractivity contribution in [2.45, 2.75) is 0 Å². The first kappa shape index (κ1) is 10.7. The molecule has 0 N–H and O–H groups in total. The van der Waals surface area contributed by atoms with Crippen molar-refractivity contribution in [1.82, 2.24) is 0 Å². The summed E-state index contributed by atoms with van der Waals surface area (Å²) in [6.45, 7) is 0. The van der Waals surface area contributed by atoms with Crippen LogP contribution in [0.1, 0.15) is 20.7 Å². The molecule has 3 aromatic rings. The standard InChI is InChI=1S/C16H10O2/c17-9-13-7-12-6-5-11-3-1-2-4-15(11)16(12)8-14(13)10-18/h1-10H. The minimum absolute atomic E-state index is 0.438. The first-order chi connectivity index (χ1) is 8.83. The molecule has 3 aromatic carbocycles. The van der Waals surface area contributed by atoms with Crippen molar-refractivity contribution in [3.8, 4) is 0 Å². The van der Waals surface area contributed by atoms with Gasteiger partial charge >= 0.3 is 0 Å². The second-order valence-corrected chi connectivity index (χ2v) is 4.22. The minimum atomic E-state index is 0.438. The summed E-state index contributed by atoms with van der Waals surface area (Å²) in [7, 11) is 0. The van der Waals surface area contributed by atoms with Gasteiger partial charge in [-0.1, -0.05) is 36.4 Å². The molecule has 0 atom stereocenters. The molecule has 86 valence electrons. The number of aldehydes is 2. The lowest BCUT2D eigenvalue weighted by Gasteiger charge is -2.06. The maximum absolute atomic E-state index is 11.0. The zero-order valence-electron chi connectivity index (χ0n) is 9.59. The lowest BCUT2D eigenvalue weighted by Crippen LogP contribution is -1.91. The van der Waals surface area contributed by atoms with Crippen LogP contribution in [0.25, 0.3) is 21.5 Å². The second-order valence-electron chi connectivity index (χ2n) is 4.22. The zero-order valence-corrected chi connectivity index (χ0v) is 9.59. The smallest absolute Gasteiger partial charge is 0.150 e. The van der Waals surface area contributed by atoms with Crippen LogP contribution in [0.5, 0.6) is 0 Å². The van der Waals surface area contributed by atoms with E-state index in [0.29, 0.717) is 11.1 Å². The van der Waals surface area contributed by atoms with Gasteiger partial charge in [0.2, 0.25) is 0 Å². The van der Waals surface area contributed by atoms with Crippen molar-refractivity contribution in [3.63, 3.8) is 0 Å². The minimum Gasteiger partial charge on any atom is -0.298 e. The van der Waals surface area contributed by atoms with Gasteiger partial charge < -0.3 is 0 Å². The summed E-state index contributed by atoms with van der Waals surface area (Å²) < 4.78 is 0. The fourth-order valence-corrected chi connectivity index (χ4v) is 2.29. The molecule has 0 saturated heterocycles. The highest BCUT2D eigenvalue weighted by atomic mass is 16.1. The molecule has 0 aliphatic carbocycles. The summed E-state index contributed by atoms with van der Waals surface area (Å²) in [6.07, 6.45) is 1.45. The quantitative estimate of drug-likeness (QED) is 0.501. The lowest BCUT2D eigenvalue weighted by atomic mass is 9.97. The molecular formula is C16H10O2. The van der Waals surface area contributed by atoms with Crippen LogP contribution >= 0.6 is 0 Å². The van der Waals surface area contributed by atoms with Gasteiger partial charge in [0.1, 0.15) is 0 Å². The highest BCUT2D eigenvalue weighted by molar-refractivity contribution is 6.10. The van der Waals surface area contributed by atoms with E-state index in [-0.39, 0.29) is 0 Å². The molecule has 0 heterocycles. The molecule has 18 heavy (non-hydrogen) atoms. The summed E-state index contributed by atoms with van der Waals surface area (Å²) in [5.41, 5.74) is 0.877. The molecule has 0 spiro atoms. The summed E-state index contributed by atoms with van der Waals surface area (Å²) in [6, 6.07) is 15.5. The van der Waals surface area contributed by atoms with E-state index in [1.807, 2.05) is 36.4 Å². The Morgan fingerprint density at radius 1 is 0.667 bits per heavy atom. The average molecular weight is 234 g/mol. The Kier molecular flexibility index (Phi) is 2.41. The Morgan fingerprint density at radius 3 is 2.11 bits per heavy atom. The van der Waals surface area contributed by atoms with Crippen LogP contribution in [0.2, 0.25) is 0 Å². The van der Waals surface area contributed by atoms with E-state index in [4.69, 9.17) is 0 Å². The first-order valence-electron chi connectivity index (χ1n) is 5.69. The Morgan fingerprint density at radius 2 is 1.33 bits per heavy atom. The van der Waals surface area contributed by atoms with Crippen LogP contribution in [-0.2, 0) is 0 Å². The van der Waals surface area contributed by atoms with Crippen molar-refractivity contribution in [2.75, 3.05) is 0 Å². The summed E-state index contributed by atoms with van der Waals surface area (Å²) in [4.78, 5) is 21.9. The van der Waals surface area contributed by atoms with Crippen molar-refractivity contribution < 1.29 is 9.59 Å². The Hall–Kier alpha value is -2.48. The number of hydrogen-bond donors (Lipinski definition) is 0. The number of carbonyl (C=O) groups is 2. The van der Waals surface area contributed by atoms with Crippen LogP contribution < -0.4 is 0 Å². The van der Waals surface area contributed by atoms with Gasteiger partial charge in [0, 0.05) is 11.1 Å².